The summed E-state index contributed by atoms with van der Waals surface area (Å²) in [6, 6.07) is 23.8. The standard InChI is InChI=1S/C30H39BN2.3C4H8O.2Li/c1-20(2)25-16-12-17-26(21(3)4)29(25)32-31(24-14-10-9-11-15-24)33-30-27(22(5)6)18-13-19-28(30)23(7)8;3*1-2-4-5-3-1;;/h9-23H,1-8H3;3*1-4H2;;/q-2;;;;2*+1. The Morgan fingerprint density at radius 1 is 0.420 bits per heavy atom. The van der Waals surface area contributed by atoms with E-state index in [0.717, 1.165) is 56.5 Å². The van der Waals surface area contributed by atoms with Gasteiger partial charge in [-0.3, -0.25) is 0 Å². The van der Waals surface area contributed by atoms with Crippen molar-refractivity contribution in [1.82, 2.24) is 0 Å². The average Bonchev–Trinajstić information content (AvgIpc) is 3.92. The topological polar surface area (TPSA) is 55.9 Å². The molecular weight excluding hydrogens is 605 g/mol. The van der Waals surface area contributed by atoms with Gasteiger partial charge in [0, 0.05) is 39.6 Å². The van der Waals surface area contributed by atoms with Gasteiger partial charge in [0.05, 0.1) is 0 Å². The predicted octanol–water partition coefficient (Wildman–Crippen LogP) is 5.68. The molecule has 0 N–H and O–H groups in total. The smallest absolute Gasteiger partial charge is 0.718 e. The number of benzene rings is 3. The van der Waals surface area contributed by atoms with Crippen molar-refractivity contribution in [3.63, 3.8) is 0 Å². The van der Waals surface area contributed by atoms with E-state index in [-0.39, 0.29) is 44.7 Å². The van der Waals surface area contributed by atoms with E-state index in [2.05, 4.69) is 122 Å². The maximum atomic E-state index is 5.40. The second-order valence-corrected chi connectivity index (χ2v) is 14.2. The second-order valence-electron chi connectivity index (χ2n) is 14.2. The minimum Gasteiger partial charge on any atom is -0.718 e. The van der Waals surface area contributed by atoms with Gasteiger partial charge in [0.2, 0.25) is 0 Å². The van der Waals surface area contributed by atoms with Crippen LogP contribution in [-0.2, 0) is 14.2 Å². The molecule has 3 aliphatic heterocycles. The molecule has 0 unspecified atom stereocenters. The van der Waals surface area contributed by atoms with Gasteiger partial charge in [-0.25, -0.2) is 0 Å². The van der Waals surface area contributed by atoms with E-state index < -0.39 is 0 Å². The second kappa shape index (κ2) is 26.2. The Hall–Kier alpha value is -1.60. The van der Waals surface area contributed by atoms with Crippen LogP contribution in [0.3, 0.4) is 0 Å². The van der Waals surface area contributed by atoms with E-state index in [4.69, 9.17) is 24.7 Å². The van der Waals surface area contributed by atoms with Crippen molar-refractivity contribution in [3.8, 4) is 0 Å². The van der Waals surface area contributed by atoms with E-state index in [9.17, 15) is 0 Å². The molecule has 0 radical (unpaired) electrons. The SMILES string of the molecule is C1CCOC1.C1CCOC1.C1CCOC1.CC(C)c1cccc(C(C)C)c1[N-]B([N-]c1c(C(C)C)cccc1C(C)C)c1ccccc1.[Li+].[Li+]. The molecule has 0 atom stereocenters. The first-order chi connectivity index (χ1) is 23.2. The van der Waals surface area contributed by atoms with Crippen molar-refractivity contribution in [2.45, 2.75) is 118 Å². The number of hydrogen-bond acceptors (Lipinski definition) is 3. The molecule has 0 aliphatic carbocycles. The summed E-state index contributed by atoms with van der Waals surface area (Å²) in [5.41, 5.74) is 8.50. The third-order valence-corrected chi connectivity index (χ3v) is 8.77. The van der Waals surface area contributed by atoms with Crippen LogP contribution in [0.15, 0.2) is 66.7 Å². The summed E-state index contributed by atoms with van der Waals surface area (Å²) in [4.78, 5) is 0. The number of ether oxygens (including phenoxy) is 3. The summed E-state index contributed by atoms with van der Waals surface area (Å²) in [7, 11) is 0. The fourth-order valence-corrected chi connectivity index (χ4v) is 5.90. The van der Waals surface area contributed by atoms with Crippen LogP contribution in [-0.4, -0.2) is 46.6 Å². The van der Waals surface area contributed by atoms with E-state index >= 15 is 0 Å². The maximum absolute atomic E-state index is 5.40. The fraction of sp³-hybridized carbons (Fsp3) is 0.571. The summed E-state index contributed by atoms with van der Waals surface area (Å²) in [5.74, 6) is 1.59. The van der Waals surface area contributed by atoms with Gasteiger partial charge in [0.25, 0.3) is 0 Å². The first kappa shape index (κ1) is 46.4. The molecule has 3 fully saturated rings. The van der Waals surface area contributed by atoms with Crippen molar-refractivity contribution in [1.29, 1.82) is 0 Å². The average molecular weight is 669 g/mol. The molecule has 3 aromatic carbocycles. The third-order valence-electron chi connectivity index (χ3n) is 8.77. The van der Waals surface area contributed by atoms with Crippen LogP contribution in [0.25, 0.3) is 10.5 Å². The van der Waals surface area contributed by atoms with Gasteiger partial charge < -0.3 is 24.7 Å². The van der Waals surface area contributed by atoms with Crippen LogP contribution in [0.4, 0.5) is 11.4 Å². The van der Waals surface area contributed by atoms with Crippen LogP contribution in [0.1, 0.15) is 140 Å². The van der Waals surface area contributed by atoms with Gasteiger partial charge in [-0.2, -0.15) is 0 Å². The number of hydrogen-bond donors (Lipinski definition) is 0. The van der Waals surface area contributed by atoms with E-state index in [0.29, 0.717) is 23.7 Å². The summed E-state index contributed by atoms with van der Waals surface area (Å²) in [6.45, 7) is 23.7. The monoisotopic (exact) mass is 669 g/mol. The van der Waals surface area contributed by atoms with Crippen molar-refractivity contribution >= 4 is 23.8 Å². The Morgan fingerprint density at radius 3 is 0.920 bits per heavy atom. The molecule has 50 heavy (non-hydrogen) atoms. The minimum absolute atomic E-state index is 0. The summed E-state index contributed by atoms with van der Waals surface area (Å²) in [6.07, 6.45) is 7.67. The molecule has 0 amide bonds. The molecule has 3 aliphatic rings. The Labute approximate surface area is 330 Å². The Balaban J connectivity index is 0.000000598. The fourth-order valence-electron chi connectivity index (χ4n) is 5.90. The van der Waals surface area contributed by atoms with Crippen LogP contribution in [0, 0.1) is 0 Å². The number of nitrogens with zero attached hydrogens (tertiary/aromatic N) is 2. The molecule has 0 aromatic heterocycles. The molecule has 0 saturated carbocycles. The molecule has 3 heterocycles. The van der Waals surface area contributed by atoms with E-state index in [1.165, 1.54) is 60.8 Å². The van der Waals surface area contributed by atoms with Crippen molar-refractivity contribution in [3.05, 3.63) is 99.4 Å². The van der Waals surface area contributed by atoms with Crippen LogP contribution < -0.4 is 43.2 Å². The normalized spacial score (nSPS) is 14.8. The summed E-state index contributed by atoms with van der Waals surface area (Å²) < 4.78 is 14.8. The largest absolute Gasteiger partial charge is 1.00 e. The van der Waals surface area contributed by atoms with Crippen LogP contribution in [0.5, 0.6) is 0 Å². The van der Waals surface area contributed by atoms with Gasteiger partial charge in [-0.15, -0.1) is 16.8 Å². The summed E-state index contributed by atoms with van der Waals surface area (Å²) in [5, 5.41) is 10.8. The molecule has 3 aromatic rings. The molecule has 3 saturated heterocycles. The zero-order valence-corrected chi connectivity index (χ0v) is 33.3. The molecule has 6 rings (SSSR count). The Kier molecular flexibility index (Phi) is 24.3. The van der Waals surface area contributed by atoms with E-state index in [1.807, 2.05) is 0 Å². The number of rotatable bonds is 9. The van der Waals surface area contributed by atoms with Crippen LogP contribution in [0.2, 0.25) is 0 Å². The molecule has 0 spiro atoms. The zero-order chi connectivity index (χ0) is 34.7. The first-order valence-electron chi connectivity index (χ1n) is 18.7. The van der Waals surface area contributed by atoms with Crippen molar-refractivity contribution in [2.24, 2.45) is 0 Å². The first-order valence-corrected chi connectivity index (χ1v) is 18.7. The quantitative estimate of drug-likeness (QED) is 0.276. The van der Waals surface area contributed by atoms with Crippen molar-refractivity contribution < 1.29 is 51.9 Å². The van der Waals surface area contributed by atoms with Crippen LogP contribution >= 0.6 is 0 Å². The summed E-state index contributed by atoms with van der Waals surface area (Å²) >= 11 is 0. The molecule has 0 bridgehead atoms. The Bertz CT molecular complexity index is 1130. The van der Waals surface area contributed by atoms with Gasteiger partial charge in [-0.05, 0) is 62.2 Å². The van der Waals surface area contributed by atoms with E-state index in [1.54, 1.807) is 0 Å². The van der Waals surface area contributed by atoms with Crippen molar-refractivity contribution in [2.75, 3.05) is 39.6 Å². The zero-order valence-electron chi connectivity index (χ0n) is 33.3. The van der Waals surface area contributed by atoms with Gasteiger partial charge in [0.1, 0.15) is 0 Å². The predicted molar refractivity (Wildman–Crippen MR) is 207 cm³/mol. The molecule has 264 valence electrons. The minimum atomic E-state index is -0.291. The maximum Gasteiger partial charge on any atom is 1.00 e. The van der Waals surface area contributed by atoms with Gasteiger partial charge >= 0.3 is 37.7 Å². The molecular formula is C42H63BLi2N2O3. The molecule has 5 nitrogen and oxygen atoms in total. The van der Waals surface area contributed by atoms with Gasteiger partial charge in [-0.1, -0.05) is 151 Å². The Morgan fingerprint density at radius 2 is 0.700 bits per heavy atom. The molecule has 8 heteroatoms. The third kappa shape index (κ3) is 16.0. The van der Waals surface area contributed by atoms with Gasteiger partial charge in [0.15, 0.2) is 0 Å².